The molecule has 0 fully saturated rings. The van der Waals surface area contributed by atoms with Crippen molar-refractivity contribution in [2.45, 2.75) is 13.3 Å². The van der Waals surface area contributed by atoms with Crippen molar-refractivity contribution >= 4 is 34.6 Å². The Kier molecular flexibility index (Phi) is 4.11. The second-order valence-electron chi connectivity index (χ2n) is 5.05. The Hall–Kier alpha value is -2.34. The summed E-state index contributed by atoms with van der Waals surface area (Å²) in [4.78, 5) is 25.9. The number of nitrogens with one attached hydrogen (secondary N) is 2. The lowest BCUT2D eigenvalue weighted by atomic mass is 10.1. The molecular weight excluding hydrogens is 298 g/mol. The number of benzene rings is 1. The van der Waals surface area contributed by atoms with E-state index in [0.29, 0.717) is 24.3 Å². The normalized spacial score (nSPS) is 12.9. The molecule has 0 unspecified atom stereocenters. The highest BCUT2D eigenvalue weighted by Crippen LogP contribution is 2.31. The zero-order valence-electron chi connectivity index (χ0n) is 12.3. The van der Waals surface area contributed by atoms with Crippen molar-refractivity contribution in [3.8, 4) is 0 Å². The second kappa shape index (κ2) is 6.19. The van der Waals surface area contributed by atoms with Crippen LogP contribution in [0.25, 0.3) is 0 Å². The van der Waals surface area contributed by atoms with Gasteiger partial charge in [0, 0.05) is 24.2 Å². The number of hydrogen-bond donors (Lipinski definition) is 2. The lowest BCUT2D eigenvalue weighted by molar-refractivity contribution is 0.102. The van der Waals surface area contributed by atoms with E-state index in [1.807, 2.05) is 35.9 Å². The number of fused-ring (bicyclic) bond motifs is 1. The van der Waals surface area contributed by atoms with Crippen molar-refractivity contribution in [3.05, 3.63) is 46.2 Å². The molecule has 2 N–H and O–H groups in total. The summed E-state index contributed by atoms with van der Waals surface area (Å²) in [5, 5.41) is 9.37. The van der Waals surface area contributed by atoms with Gasteiger partial charge in [-0.05, 0) is 42.5 Å². The summed E-state index contributed by atoms with van der Waals surface area (Å²) in [5.74, 6) is -0.135. The number of rotatable bonds is 3. The predicted octanol–water partition coefficient (Wildman–Crippen LogP) is 3.09. The van der Waals surface area contributed by atoms with E-state index in [0.717, 1.165) is 17.7 Å². The maximum atomic E-state index is 12.1. The Labute approximate surface area is 132 Å². The van der Waals surface area contributed by atoms with E-state index in [-0.39, 0.29) is 11.9 Å². The van der Waals surface area contributed by atoms with Crippen LogP contribution in [0, 0.1) is 0 Å². The smallest absolute Gasteiger partial charge is 0.321 e. The fraction of sp³-hybridized carbons (Fsp3) is 0.250. The maximum absolute atomic E-state index is 12.1. The van der Waals surface area contributed by atoms with Crippen LogP contribution in [0.5, 0.6) is 0 Å². The summed E-state index contributed by atoms with van der Waals surface area (Å²) in [6.07, 6.45) is 0.839. The first-order valence-electron chi connectivity index (χ1n) is 7.21. The highest BCUT2D eigenvalue weighted by Gasteiger charge is 2.24. The first-order valence-corrected chi connectivity index (χ1v) is 8.15. The van der Waals surface area contributed by atoms with Crippen LogP contribution in [0.3, 0.4) is 0 Å². The number of amides is 3. The maximum Gasteiger partial charge on any atom is 0.321 e. The van der Waals surface area contributed by atoms with E-state index < -0.39 is 0 Å². The predicted molar refractivity (Wildman–Crippen MR) is 88.8 cm³/mol. The highest BCUT2D eigenvalue weighted by atomic mass is 32.1. The molecule has 1 aromatic heterocycles. The van der Waals surface area contributed by atoms with E-state index in [9.17, 15) is 9.59 Å². The Morgan fingerprint density at radius 2 is 2.18 bits per heavy atom. The van der Waals surface area contributed by atoms with Gasteiger partial charge in [-0.1, -0.05) is 6.07 Å². The monoisotopic (exact) mass is 315 g/mol. The van der Waals surface area contributed by atoms with Crippen LogP contribution in [-0.4, -0.2) is 25.0 Å². The number of carbonyl (C=O) groups is 2. The molecule has 1 aliphatic heterocycles. The highest BCUT2D eigenvalue weighted by molar-refractivity contribution is 7.08. The minimum absolute atomic E-state index is 0.0949. The quantitative estimate of drug-likeness (QED) is 0.914. The zero-order valence-corrected chi connectivity index (χ0v) is 13.1. The molecule has 2 heterocycles. The first kappa shape index (κ1) is 14.6. The fourth-order valence-electron chi connectivity index (χ4n) is 2.51. The summed E-state index contributed by atoms with van der Waals surface area (Å²) in [7, 11) is 0. The van der Waals surface area contributed by atoms with Gasteiger partial charge in [0.05, 0.1) is 11.3 Å². The van der Waals surface area contributed by atoms with E-state index in [2.05, 4.69) is 10.6 Å². The molecule has 22 heavy (non-hydrogen) atoms. The van der Waals surface area contributed by atoms with Crippen LogP contribution in [0.2, 0.25) is 0 Å². The molecule has 114 valence electrons. The number of urea groups is 1. The average molecular weight is 315 g/mol. The van der Waals surface area contributed by atoms with Gasteiger partial charge in [0.25, 0.3) is 5.91 Å². The number of nitrogens with zero attached hydrogens (tertiary/aromatic N) is 1. The standard InChI is InChI=1S/C16H17N3O2S/c1-2-17-16(21)19-7-5-11-3-4-13(9-14(11)19)18-15(20)12-6-8-22-10-12/h3-4,6,8-10H,2,5,7H2,1H3,(H,17,21)(H,18,20). The van der Waals surface area contributed by atoms with Crippen LogP contribution >= 0.6 is 11.3 Å². The molecule has 3 amide bonds. The van der Waals surface area contributed by atoms with Crippen molar-refractivity contribution in [3.63, 3.8) is 0 Å². The molecule has 0 saturated carbocycles. The fourth-order valence-corrected chi connectivity index (χ4v) is 3.15. The van der Waals surface area contributed by atoms with Crippen LogP contribution in [0.15, 0.2) is 35.0 Å². The Morgan fingerprint density at radius 1 is 1.32 bits per heavy atom. The Balaban J connectivity index is 1.80. The van der Waals surface area contributed by atoms with Crippen molar-refractivity contribution in [1.82, 2.24) is 5.32 Å². The zero-order chi connectivity index (χ0) is 15.5. The molecular formula is C16H17N3O2S. The van der Waals surface area contributed by atoms with Gasteiger partial charge in [0.2, 0.25) is 0 Å². The van der Waals surface area contributed by atoms with Crippen LogP contribution < -0.4 is 15.5 Å². The Bertz CT molecular complexity index is 697. The van der Waals surface area contributed by atoms with Crippen LogP contribution in [0.1, 0.15) is 22.8 Å². The molecule has 0 aliphatic carbocycles. The van der Waals surface area contributed by atoms with E-state index in [1.165, 1.54) is 11.3 Å². The van der Waals surface area contributed by atoms with E-state index >= 15 is 0 Å². The number of carbonyl (C=O) groups excluding carboxylic acids is 2. The third-order valence-electron chi connectivity index (χ3n) is 3.60. The van der Waals surface area contributed by atoms with Crippen molar-refractivity contribution in [2.24, 2.45) is 0 Å². The first-order chi connectivity index (χ1) is 10.7. The van der Waals surface area contributed by atoms with Gasteiger partial charge in [-0.2, -0.15) is 11.3 Å². The topological polar surface area (TPSA) is 61.4 Å². The minimum atomic E-state index is -0.135. The minimum Gasteiger partial charge on any atom is -0.338 e. The largest absolute Gasteiger partial charge is 0.338 e. The molecule has 5 nitrogen and oxygen atoms in total. The summed E-state index contributed by atoms with van der Waals surface area (Å²) < 4.78 is 0. The third-order valence-corrected chi connectivity index (χ3v) is 4.28. The molecule has 6 heteroatoms. The van der Waals surface area contributed by atoms with Gasteiger partial charge in [-0.3, -0.25) is 9.69 Å². The lowest BCUT2D eigenvalue weighted by Crippen LogP contribution is -2.38. The molecule has 0 radical (unpaired) electrons. The van der Waals surface area contributed by atoms with Crippen LogP contribution in [0.4, 0.5) is 16.2 Å². The van der Waals surface area contributed by atoms with E-state index in [4.69, 9.17) is 0 Å². The lowest BCUT2D eigenvalue weighted by Gasteiger charge is -2.18. The number of anilines is 2. The molecule has 0 atom stereocenters. The summed E-state index contributed by atoms with van der Waals surface area (Å²) in [5.41, 5.74) is 3.34. The van der Waals surface area contributed by atoms with Crippen LogP contribution in [-0.2, 0) is 6.42 Å². The number of hydrogen-bond acceptors (Lipinski definition) is 3. The van der Waals surface area contributed by atoms with Gasteiger partial charge in [0.1, 0.15) is 0 Å². The van der Waals surface area contributed by atoms with Crippen molar-refractivity contribution in [2.75, 3.05) is 23.3 Å². The molecule has 3 rings (SSSR count). The van der Waals surface area contributed by atoms with Gasteiger partial charge in [-0.25, -0.2) is 4.79 Å². The van der Waals surface area contributed by atoms with Crippen molar-refractivity contribution < 1.29 is 9.59 Å². The van der Waals surface area contributed by atoms with Gasteiger partial charge >= 0.3 is 6.03 Å². The second-order valence-corrected chi connectivity index (χ2v) is 5.83. The number of thiophene rings is 1. The molecule has 0 saturated heterocycles. The molecule has 1 aromatic carbocycles. The van der Waals surface area contributed by atoms with E-state index in [1.54, 1.807) is 11.0 Å². The van der Waals surface area contributed by atoms with Crippen molar-refractivity contribution in [1.29, 1.82) is 0 Å². The molecule has 0 spiro atoms. The summed E-state index contributed by atoms with van der Waals surface area (Å²) in [6.45, 7) is 3.16. The molecule has 1 aliphatic rings. The van der Waals surface area contributed by atoms with Gasteiger partial charge < -0.3 is 10.6 Å². The van der Waals surface area contributed by atoms with Gasteiger partial charge in [0.15, 0.2) is 0 Å². The average Bonchev–Trinajstić information content (AvgIpc) is 3.17. The summed E-state index contributed by atoms with van der Waals surface area (Å²) in [6, 6.07) is 7.40. The Morgan fingerprint density at radius 3 is 2.91 bits per heavy atom. The SMILES string of the molecule is CCNC(=O)N1CCc2ccc(NC(=O)c3ccsc3)cc21. The summed E-state index contributed by atoms with van der Waals surface area (Å²) >= 11 is 1.49. The molecule has 2 aromatic rings. The van der Waals surface area contributed by atoms with Gasteiger partial charge in [-0.15, -0.1) is 0 Å². The molecule has 0 bridgehead atoms. The third kappa shape index (κ3) is 2.82.